The molecule has 0 saturated carbocycles. The van der Waals surface area contributed by atoms with Gasteiger partial charge in [-0.15, -0.1) is 3.71 Å². The first-order valence-electron chi connectivity index (χ1n) is 19.0. The molecular weight excluding hydrogens is 996 g/mol. The predicted octanol–water partition coefficient (Wildman–Crippen LogP) is 7.30. The van der Waals surface area contributed by atoms with E-state index in [0.29, 0.717) is 21.5 Å². The quantitative estimate of drug-likeness (QED) is 0.117. The number of fused-ring (bicyclic) bond motifs is 3. The fraction of sp³-hybridized carbons (Fsp3) is 0.342. The van der Waals surface area contributed by atoms with Crippen LogP contribution in [0.25, 0.3) is 27.5 Å². The van der Waals surface area contributed by atoms with E-state index < -0.39 is 132 Å². The van der Waals surface area contributed by atoms with Crippen molar-refractivity contribution < 1.29 is 56.8 Å². The Hall–Kier alpha value is -5.14. The Labute approximate surface area is 371 Å². The SMILES string of the molecule is CCS(=O)(=O)N(c1nn(CC(F)(F)F)c2c(-n3c([C@H](Cc4cc(F)cc(F)c4)NC(=O)Cn4nc(C(F)(F)F)c5c4CCC5)nc4cc(Br)ccc4c3=O)ccc(Cl)c12)S(=O)(=O)CC. The number of sulfonamides is 2. The highest BCUT2D eigenvalue weighted by atomic mass is 79.9. The third-order valence-electron chi connectivity index (χ3n) is 10.2. The Balaban J connectivity index is 1.53. The van der Waals surface area contributed by atoms with E-state index in [0.717, 1.165) is 42.8 Å². The molecule has 1 N–H and O–H groups in total. The maximum atomic E-state index is 14.9. The highest BCUT2D eigenvalue weighted by Crippen LogP contribution is 2.41. The molecule has 64 heavy (non-hydrogen) atoms. The van der Waals surface area contributed by atoms with Crippen LogP contribution in [-0.4, -0.2) is 69.5 Å². The lowest BCUT2D eigenvalue weighted by Crippen LogP contribution is -2.39. The monoisotopic (exact) mass is 1030 g/mol. The van der Waals surface area contributed by atoms with Gasteiger partial charge < -0.3 is 5.32 Å². The van der Waals surface area contributed by atoms with Crippen LogP contribution in [0.15, 0.2) is 57.8 Å². The zero-order valence-electron chi connectivity index (χ0n) is 33.0. The first kappa shape index (κ1) is 46.8. The summed E-state index contributed by atoms with van der Waals surface area (Å²) in [5.41, 5.74) is -3.73. The van der Waals surface area contributed by atoms with Crippen molar-refractivity contribution in [2.75, 3.05) is 15.2 Å². The van der Waals surface area contributed by atoms with Crippen LogP contribution in [0.1, 0.15) is 54.6 Å². The molecule has 6 aromatic rings. The summed E-state index contributed by atoms with van der Waals surface area (Å²) in [6.45, 7) is -0.684. The Kier molecular flexibility index (Phi) is 12.5. The van der Waals surface area contributed by atoms with E-state index >= 15 is 0 Å². The highest BCUT2D eigenvalue weighted by Gasteiger charge is 2.42. The van der Waals surface area contributed by atoms with Crippen LogP contribution in [0.2, 0.25) is 5.02 Å². The van der Waals surface area contributed by atoms with E-state index in [2.05, 4.69) is 36.4 Å². The molecule has 1 atom stereocenters. The lowest BCUT2D eigenvalue weighted by molar-refractivity contribution is -0.142. The molecule has 1 aliphatic rings. The molecule has 0 spiro atoms. The molecule has 1 aliphatic carbocycles. The van der Waals surface area contributed by atoms with Crippen LogP contribution in [0.3, 0.4) is 0 Å². The van der Waals surface area contributed by atoms with Crippen molar-refractivity contribution >= 4 is 81.1 Å². The van der Waals surface area contributed by atoms with Crippen LogP contribution in [-0.2, 0) is 63.4 Å². The number of nitrogens with zero attached hydrogens (tertiary/aromatic N) is 7. The van der Waals surface area contributed by atoms with Crippen LogP contribution >= 0.6 is 27.5 Å². The summed E-state index contributed by atoms with van der Waals surface area (Å²) in [4.78, 5) is 33.5. The first-order valence-corrected chi connectivity index (χ1v) is 23.4. The average molecular weight is 1030 g/mol. The van der Waals surface area contributed by atoms with Crippen molar-refractivity contribution in [2.45, 2.75) is 71.0 Å². The summed E-state index contributed by atoms with van der Waals surface area (Å²) in [7, 11) is -9.77. The van der Waals surface area contributed by atoms with Crippen molar-refractivity contribution in [1.82, 2.24) is 34.4 Å². The molecule has 0 unspecified atom stereocenters. The Morgan fingerprint density at radius 2 is 1.58 bits per heavy atom. The van der Waals surface area contributed by atoms with Gasteiger partial charge in [0.25, 0.3) is 5.56 Å². The summed E-state index contributed by atoms with van der Waals surface area (Å²) in [5, 5.41) is 8.70. The fourth-order valence-corrected chi connectivity index (χ4v) is 11.4. The summed E-state index contributed by atoms with van der Waals surface area (Å²) >= 11 is 9.86. The van der Waals surface area contributed by atoms with Crippen molar-refractivity contribution in [1.29, 1.82) is 0 Å². The van der Waals surface area contributed by atoms with Crippen LogP contribution in [0, 0.1) is 11.6 Å². The minimum absolute atomic E-state index is 0.0388. The minimum Gasteiger partial charge on any atom is -0.344 e. The molecule has 3 aromatic carbocycles. The molecule has 26 heteroatoms. The molecular formula is C38H32BrClF8N8O6S2. The number of alkyl halides is 6. The zero-order chi connectivity index (χ0) is 46.8. The van der Waals surface area contributed by atoms with Gasteiger partial charge in [0, 0.05) is 28.2 Å². The van der Waals surface area contributed by atoms with Gasteiger partial charge in [-0.05, 0) is 81.1 Å². The van der Waals surface area contributed by atoms with Gasteiger partial charge in [-0.2, -0.15) is 36.5 Å². The highest BCUT2D eigenvalue weighted by molar-refractivity contribution is 9.10. The topological polar surface area (TPSA) is 171 Å². The molecule has 342 valence electrons. The second-order valence-corrected chi connectivity index (χ2v) is 20.3. The Bertz CT molecular complexity index is 3100. The maximum Gasteiger partial charge on any atom is 0.435 e. The number of carbonyl (C=O) groups excluding carboxylic acids is 1. The predicted molar refractivity (Wildman–Crippen MR) is 221 cm³/mol. The number of anilines is 1. The Morgan fingerprint density at radius 1 is 0.922 bits per heavy atom. The number of hydrogen-bond acceptors (Lipinski definition) is 9. The molecule has 0 radical (unpaired) electrons. The van der Waals surface area contributed by atoms with E-state index in [4.69, 9.17) is 11.6 Å². The van der Waals surface area contributed by atoms with Crippen molar-refractivity contribution in [2.24, 2.45) is 0 Å². The van der Waals surface area contributed by atoms with Crippen molar-refractivity contribution in [3.8, 4) is 5.69 Å². The van der Waals surface area contributed by atoms with Gasteiger partial charge in [0.15, 0.2) is 11.5 Å². The number of hydrogen-bond donors (Lipinski definition) is 1. The van der Waals surface area contributed by atoms with Crippen LogP contribution in [0.4, 0.5) is 40.9 Å². The number of amides is 1. The second-order valence-electron chi connectivity index (χ2n) is 14.5. The number of halogens is 10. The molecule has 7 rings (SSSR count). The zero-order valence-corrected chi connectivity index (χ0v) is 37.0. The van der Waals surface area contributed by atoms with E-state index in [1.165, 1.54) is 18.2 Å². The maximum absolute atomic E-state index is 14.9. The molecule has 14 nitrogen and oxygen atoms in total. The largest absolute Gasteiger partial charge is 0.435 e. The fourth-order valence-electron chi connectivity index (χ4n) is 7.57. The molecule has 1 amide bonds. The lowest BCUT2D eigenvalue weighted by Gasteiger charge is -2.24. The van der Waals surface area contributed by atoms with Gasteiger partial charge in [-0.1, -0.05) is 27.5 Å². The smallest absolute Gasteiger partial charge is 0.344 e. The average Bonchev–Trinajstić information content (AvgIpc) is 3.89. The summed E-state index contributed by atoms with van der Waals surface area (Å²) in [6, 6.07) is 6.72. The molecule has 3 heterocycles. The Morgan fingerprint density at radius 3 is 2.19 bits per heavy atom. The number of aromatic nitrogens is 6. The molecule has 0 saturated heterocycles. The standard InChI is InChI=1S/C38H32BrClF8N8O6S2/c1-3-63(59,60)56(64(61,62)4-2)35-31-25(40)10-11-29(32(31)54(52-35)18-37(43,44)45)55-34(50-26-15-20(39)8-9-23(26)36(55)58)27(14-19-12-21(41)16-22(42)13-19)49-30(57)17-53-28-7-5-6-24(28)33(51-53)38(46,47)48/h8-13,15-16,27H,3-7,14,17-18H2,1-2H3,(H,49,57)/t27-/m0/s1. The van der Waals surface area contributed by atoms with Gasteiger partial charge in [-0.25, -0.2) is 30.6 Å². The summed E-state index contributed by atoms with van der Waals surface area (Å²) in [5.74, 6) is -6.52. The molecule has 3 aromatic heterocycles. The minimum atomic E-state index is -5.13. The van der Waals surface area contributed by atoms with Gasteiger partial charge in [0.05, 0.1) is 50.1 Å². The first-order chi connectivity index (χ1) is 29.8. The van der Waals surface area contributed by atoms with Crippen LogP contribution in [0.5, 0.6) is 0 Å². The van der Waals surface area contributed by atoms with E-state index in [-0.39, 0.29) is 49.0 Å². The number of carbonyl (C=O) groups is 1. The molecule has 0 bridgehead atoms. The summed E-state index contributed by atoms with van der Waals surface area (Å²) < 4.78 is 170. The summed E-state index contributed by atoms with van der Waals surface area (Å²) in [6.07, 6.45) is -10.1. The van der Waals surface area contributed by atoms with Gasteiger partial charge in [-0.3, -0.25) is 23.5 Å². The lowest BCUT2D eigenvalue weighted by atomic mass is 10.0. The van der Waals surface area contributed by atoms with Crippen molar-refractivity contribution in [3.05, 3.63) is 108 Å². The number of nitrogens with one attached hydrogen (secondary N) is 1. The molecule has 0 aliphatic heterocycles. The van der Waals surface area contributed by atoms with Gasteiger partial charge >= 0.3 is 12.4 Å². The second kappa shape index (κ2) is 17.0. The number of rotatable bonds is 13. The van der Waals surface area contributed by atoms with E-state index in [9.17, 15) is 61.5 Å². The van der Waals surface area contributed by atoms with Crippen LogP contribution < -0.4 is 14.6 Å². The van der Waals surface area contributed by atoms with E-state index in [1.54, 1.807) is 0 Å². The third-order valence-corrected chi connectivity index (χ3v) is 15.2. The normalized spacial score (nSPS) is 14.1. The van der Waals surface area contributed by atoms with E-state index in [1.807, 2.05) is 0 Å². The van der Waals surface area contributed by atoms with Crippen molar-refractivity contribution in [3.63, 3.8) is 0 Å². The van der Waals surface area contributed by atoms with Gasteiger partial charge in [0.1, 0.15) is 30.5 Å². The molecule has 0 fully saturated rings. The number of benzene rings is 3. The van der Waals surface area contributed by atoms with Gasteiger partial charge in [0.2, 0.25) is 26.0 Å². The third kappa shape index (κ3) is 9.07.